The number of halogens is 1. The molecule has 26 heavy (non-hydrogen) atoms. The molecular formula is C18H18ClNO5S. The van der Waals surface area contributed by atoms with Gasteiger partial charge in [-0.15, -0.1) is 11.3 Å². The molecule has 1 aromatic heterocycles. The number of esters is 2. The van der Waals surface area contributed by atoms with E-state index in [1.807, 2.05) is 18.2 Å². The Balaban J connectivity index is 2.07. The lowest BCUT2D eigenvalue weighted by Crippen LogP contribution is -2.41. The van der Waals surface area contributed by atoms with E-state index in [1.165, 1.54) is 25.6 Å². The molecule has 0 aliphatic carbocycles. The maximum atomic E-state index is 12.4. The topological polar surface area (TPSA) is 81.7 Å². The number of methoxy groups -OCH3 is 2. The van der Waals surface area contributed by atoms with Gasteiger partial charge in [-0.3, -0.25) is 9.59 Å². The SMILES string of the molecule is COC(=O)CCC(NC(=O)c1ccc(-c2ccc(Cl)cc2)s1)C(=O)OC. The average Bonchev–Trinajstić information content (AvgIpc) is 3.14. The zero-order chi connectivity index (χ0) is 19.1. The van der Waals surface area contributed by atoms with Crippen LogP contribution >= 0.6 is 22.9 Å². The Kier molecular flexibility index (Phi) is 7.17. The molecule has 0 aliphatic heterocycles. The second-order valence-corrected chi connectivity index (χ2v) is 6.86. The van der Waals surface area contributed by atoms with Crippen LogP contribution in [0.2, 0.25) is 5.02 Å². The van der Waals surface area contributed by atoms with E-state index in [9.17, 15) is 14.4 Å². The highest BCUT2D eigenvalue weighted by Crippen LogP contribution is 2.29. The van der Waals surface area contributed by atoms with Crippen LogP contribution in [-0.2, 0) is 19.1 Å². The van der Waals surface area contributed by atoms with Crippen molar-refractivity contribution in [3.05, 3.63) is 46.3 Å². The fraction of sp³-hybridized carbons (Fsp3) is 0.278. The Morgan fingerprint density at radius 3 is 2.38 bits per heavy atom. The van der Waals surface area contributed by atoms with Gasteiger partial charge in [0.15, 0.2) is 0 Å². The summed E-state index contributed by atoms with van der Waals surface area (Å²) in [5.41, 5.74) is 0.939. The van der Waals surface area contributed by atoms with Crippen molar-refractivity contribution in [2.75, 3.05) is 14.2 Å². The van der Waals surface area contributed by atoms with Gasteiger partial charge in [-0.25, -0.2) is 4.79 Å². The average molecular weight is 396 g/mol. The monoisotopic (exact) mass is 395 g/mol. The molecule has 0 saturated heterocycles. The fourth-order valence-corrected chi connectivity index (χ4v) is 3.25. The van der Waals surface area contributed by atoms with Gasteiger partial charge in [-0.1, -0.05) is 23.7 Å². The fourth-order valence-electron chi connectivity index (χ4n) is 2.21. The number of ether oxygens (including phenoxy) is 2. The Labute approximate surface area is 160 Å². The molecule has 1 aromatic carbocycles. The molecule has 1 N–H and O–H groups in total. The van der Waals surface area contributed by atoms with Crippen molar-refractivity contribution in [3.8, 4) is 10.4 Å². The van der Waals surface area contributed by atoms with Gasteiger partial charge < -0.3 is 14.8 Å². The van der Waals surface area contributed by atoms with Crippen LogP contribution in [0.25, 0.3) is 10.4 Å². The molecule has 0 bridgehead atoms. The summed E-state index contributed by atoms with van der Waals surface area (Å²) in [4.78, 5) is 36.9. The van der Waals surface area contributed by atoms with Crippen molar-refractivity contribution in [2.45, 2.75) is 18.9 Å². The minimum absolute atomic E-state index is 0.00296. The van der Waals surface area contributed by atoms with E-state index in [2.05, 4.69) is 14.8 Å². The van der Waals surface area contributed by atoms with Crippen molar-refractivity contribution in [2.24, 2.45) is 0 Å². The van der Waals surface area contributed by atoms with Gasteiger partial charge in [0.25, 0.3) is 5.91 Å². The lowest BCUT2D eigenvalue weighted by Gasteiger charge is -2.15. The van der Waals surface area contributed by atoms with E-state index in [1.54, 1.807) is 18.2 Å². The second-order valence-electron chi connectivity index (χ2n) is 5.33. The van der Waals surface area contributed by atoms with Crippen LogP contribution in [-0.4, -0.2) is 38.1 Å². The molecule has 0 aliphatic rings. The van der Waals surface area contributed by atoms with Crippen LogP contribution in [0.5, 0.6) is 0 Å². The number of benzene rings is 1. The van der Waals surface area contributed by atoms with E-state index >= 15 is 0 Å². The summed E-state index contributed by atoms with van der Waals surface area (Å²) in [6.07, 6.45) is 0.0948. The summed E-state index contributed by atoms with van der Waals surface area (Å²) in [5, 5.41) is 3.24. The molecule has 6 nitrogen and oxygen atoms in total. The molecule has 1 amide bonds. The maximum absolute atomic E-state index is 12.4. The van der Waals surface area contributed by atoms with Crippen molar-refractivity contribution in [1.29, 1.82) is 0 Å². The van der Waals surface area contributed by atoms with Crippen LogP contribution in [0.1, 0.15) is 22.5 Å². The first-order valence-electron chi connectivity index (χ1n) is 7.76. The molecule has 2 aromatic rings. The number of carbonyl (C=O) groups excluding carboxylic acids is 3. The summed E-state index contributed by atoms with van der Waals surface area (Å²) in [6.45, 7) is 0. The van der Waals surface area contributed by atoms with Gasteiger partial charge in [-0.05, 0) is 36.2 Å². The standard InChI is InChI=1S/C18H18ClNO5S/c1-24-16(21)10-7-13(18(23)25-2)20-17(22)15-9-8-14(26-15)11-3-5-12(19)6-4-11/h3-6,8-9,13H,7,10H2,1-2H3,(H,20,22). The maximum Gasteiger partial charge on any atom is 0.328 e. The van der Waals surface area contributed by atoms with Gasteiger partial charge in [0, 0.05) is 16.3 Å². The van der Waals surface area contributed by atoms with Gasteiger partial charge >= 0.3 is 11.9 Å². The minimum Gasteiger partial charge on any atom is -0.469 e. The highest BCUT2D eigenvalue weighted by Gasteiger charge is 2.24. The van der Waals surface area contributed by atoms with E-state index in [-0.39, 0.29) is 12.8 Å². The van der Waals surface area contributed by atoms with Crippen molar-refractivity contribution in [1.82, 2.24) is 5.32 Å². The molecule has 1 atom stereocenters. The first-order valence-corrected chi connectivity index (χ1v) is 8.95. The van der Waals surface area contributed by atoms with Gasteiger partial charge in [0.05, 0.1) is 19.1 Å². The predicted molar refractivity (Wildman–Crippen MR) is 99.3 cm³/mol. The van der Waals surface area contributed by atoms with E-state index < -0.39 is 23.9 Å². The third-order valence-electron chi connectivity index (χ3n) is 3.61. The van der Waals surface area contributed by atoms with Gasteiger partial charge in [-0.2, -0.15) is 0 Å². The molecule has 0 fully saturated rings. The van der Waals surface area contributed by atoms with E-state index in [0.29, 0.717) is 9.90 Å². The lowest BCUT2D eigenvalue weighted by molar-refractivity contribution is -0.144. The number of thiophene rings is 1. The number of hydrogen-bond donors (Lipinski definition) is 1. The van der Waals surface area contributed by atoms with Crippen LogP contribution < -0.4 is 5.32 Å². The molecule has 1 unspecified atom stereocenters. The van der Waals surface area contributed by atoms with E-state index in [4.69, 9.17) is 11.6 Å². The van der Waals surface area contributed by atoms with Crippen molar-refractivity contribution < 1.29 is 23.9 Å². The Morgan fingerprint density at radius 1 is 1.08 bits per heavy atom. The second kappa shape index (κ2) is 9.35. The van der Waals surface area contributed by atoms with Crippen LogP contribution in [0, 0.1) is 0 Å². The minimum atomic E-state index is -0.923. The molecule has 0 saturated carbocycles. The quantitative estimate of drug-likeness (QED) is 0.727. The normalized spacial score (nSPS) is 11.5. The summed E-state index contributed by atoms with van der Waals surface area (Å²) < 4.78 is 9.24. The highest BCUT2D eigenvalue weighted by molar-refractivity contribution is 7.17. The molecule has 1 heterocycles. The number of nitrogens with one attached hydrogen (secondary N) is 1. The summed E-state index contributed by atoms with van der Waals surface area (Å²) >= 11 is 7.17. The van der Waals surface area contributed by atoms with Crippen LogP contribution in [0.4, 0.5) is 0 Å². The summed E-state index contributed by atoms with van der Waals surface area (Å²) in [6, 6.07) is 9.86. The zero-order valence-electron chi connectivity index (χ0n) is 14.3. The third kappa shape index (κ3) is 5.31. The number of hydrogen-bond acceptors (Lipinski definition) is 6. The first-order chi connectivity index (χ1) is 12.4. The van der Waals surface area contributed by atoms with Crippen molar-refractivity contribution in [3.63, 3.8) is 0 Å². The first kappa shape index (κ1) is 19.9. The largest absolute Gasteiger partial charge is 0.469 e. The van der Waals surface area contributed by atoms with E-state index in [0.717, 1.165) is 10.4 Å². The molecule has 138 valence electrons. The Hall–Kier alpha value is -2.38. The summed E-state index contributed by atoms with van der Waals surface area (Å²) in [5.74, 6) is -1.48. The third-order valence-corrected chi connectivity index (χ3v) is 5.00. The molecule has 8 heteroatoms. The molecular weight excluding hydrogens is 378 g/mol. The predicted octanol–water partition coefficient (Wildman–Crippen LogP) is 3.29. The van der Waals surface area contributed by atoms with Gasteiger partial charge in [0.1, 0.15) is 6.04 Å². The number of amides is 1. The zero-order valence-corrected chi connectivity index (χ0v) is 15.9. The van der Waals surface area contributed by atoms with Gasteiger partial charge in [0.2, 0.25) is 0 Å². The summed E-state index contributed by atoms with van der Waals surface area (Å²) in [7, 11) is 2.49. The number of carbonyl (C=O) groups is 3. The molecule has 0 spiro atoms. The smallest absolute Gasteiger partial charge is 0.328 e. The highest BCUT2D eigenvalue weighted by atomic mass is 35.5. The van der Waals surface area contributed by atoms with Crippen LogP contribution in [0.3, 0.4) is 0 Å². The van der Waals surface area contributed by atoms with Crippen molar-refractivity contribution >= 4 is 40.8 Å². The Bertz CT molecular complexity index is 787. The molecule has 2 rings (SSSR count). The number of rotatable bonds is 7. The molecule has 0 radical (unpaired) electrons. The Morgan fingerprint density at radius 2 is 1.77 bits per heavy atom. The lowest BCUT2D eigenvalue weighted by atomic mass is 10.1. The van der Waals surface area contributed by atoms with Crippen LogP contribution in [0.15, 0.2) is 36.4 Å².